The molecule has 1 aliphatic heterocycles. The van der Waals surface area contributed by atoms with E-state index in [-0.39, 0.29) is 33.2 Å². The van der Waals surface area contributed by atoms with Gasteiger partial charge in [-0.25, -0.2) is 12.6 Å². The van der Waals surface area contributed by atoms with Crippen LogP contribution in [-0.4, -0.2) is 35.5 Å². The van der Waals surface area contributed by atoms with Crippen molar-refractivity contribution >= 4 is 69.3 Å². The van der Waals surface area contributed by atoms with Gasteiger partial charge in [-0.3, -0.25) is 9.29 Å². The lowest BCUT2D eigenvalue weighted by atomic mass is 9.98. The number of hydrogen-bond donors (Lipinski definition) is 1. The number of pyridine rings is 1. The first kappa shape index (κ1) is 23.8. The van der Waals surface area contributed by atoms with Crippen LogP contribution >= 0.6 is 23.2 Å². The SMILES string of the molecule is CN(c1c(Cl)ccc(C2=C(O)c3ncccc3C(C)(C)S2=S=O)c1Cl)S(=O)(=O)CC1CC1. The molecule has 1 N–H and O–H groups in total. The third kappa shape index (κ3) is 3.92. The molecule has 1 fully saturated rings. The van der Waals surface area contributed by atoms with Crippen molar-refractivity contribution in [2.75, 3.05) is 17.1 Å². The minimum absolute atomic E-state index is 0.0272. The predicted molar refractivity (Wildman–Crippen MR) is 134 cm³/mol. The molecule has 172 valence electrons. The van der Waals surface area contributed by atoms with E-state index < -0.39 is 24.2 Å². The summed E-state index contributed by atoms with van der Waals surface area (Å²) in [6.07, 6.45) is 3.35. The number of aliphatic hydroxyl groups excluding tert-OH is 1. The summed E-state index contributed by atoms with van der Waals surface area (Å²) in [4.78, 5) is 4.68. The molecule has 2 aliphatic rings. The standard InChI is InChI=1S/C21H22Cl2N2O4S3/c1-21(2)14-5-4-10-24-17(14)19(26)20(31(21)30-27)13-8-9-15(22)18(16(13)23)25(3)32(28,29)11-12-6-7-12/h4-5,8-10,12,26H,6-7,11H2,1-3H3. The Morgan fingerprint density at radius 2 is 1.97 bits per heavy atom. The number of fused-ring (bicyclic) bond motifs is 1. The number of halogens is 2. The van der Waals surface area contributed by atoms with E-state index in [0.717, 1.165) is 22.7 Å². The number of aliphatic hydroxyl groups is 1. The van der Waals surface area contributed by atoms with Gasteiger partial charge in [0.2, 0.25) is 10.0 Å². The Morgan fingerprint density at radius 1 is 1.28 bits per heavy atom. The molecule has 1 aromatic heterocycles. The van der Waals surface area contributed by atoms with Crippen molar-refractivity contribution in [3.05, 3.63) is 57.3 Å². The van der Waals surface area contributed by atoms with Gasteiger partial charge < -0.3 is 5.11 Å². The van der Waals surface area contributed by atoms with Crippen LogP contribution < -0.4 is 4.31 Å². The molecule has 1 unspecified atom stereocenters. The summed E-state index contributed by atoms with van der Waals surface area (Å²) < 4.78 is 38.6. The molecule has 0 spiro atoms. The van der Waals surface area contributed by atoms with Gasteiger partial charge >= 0.3 is 0 Å². The van der Waals surface area contributed by atoms with Crippen molar-refractivity contribution in [3.8, 4) is 0 Å². The van der Waals surface area contributed by atoms with Crippen molar-refractivity contribution < 1.29 is 17.7 Å². The van der Waals surface area contributed by atoms with Gasteiger partial charge in [0.15, 0.2) is 5.76 Å². The van der Waals surface area contributed by atoms with Crippen LogP contribution in [0, 0.1) is 5.92 Å². The summed E-state index contributed by atoms with van der Waals surface area (Å²) in [7, 11) is -2.88. The number of anilines is 1. The molecule has 6 nitrogen and oxygen atoms in total. The average Bonchev–Trinajstić information content (AvgIpc) is 3.54. The van der Waals surface area contributed by atoms with Gasteiger partial charge in [0.05, 0.1) is 26.4 Å². The summed E-state index contributed by atoms with van der Waals surface area (Å²) in [6, 6.07) is 6.77. The normalized spacial score (nSPS) is 20.1. The summed E-state index contributed by atoms with van der Waals surface area (Å²) in [6.45, 7) is 3.84. The van der Waals surface area contributed by atoms with Gasteiger partial charge in [-0.2, -0.15) is 0 Å². The molecule has 1 saturated carbocycles. The fourth-order valence-corrected chi connectivity index (χ4v) is 9.56. The Kier molecular flexibility index (Phi) is 6.26. The number of sulfonamides is 1. The van der Waals surface area contributed by atoms with Gasteiger partial charge in [0.25, 0.3) is 0 Å². The molecule has 1 aromatic carbocycles. The Labute approximate surface area is 203 Å². The molecule has 11 heteroatoms. The van der Waals surface area contributed by atoms with E-state index in [1.54, 1.807) is 24.4 Å². The van der Waals surface area contributed by atoms with E-state index in [2.05, 4.69) is 4.98 Å². The van der Waals surface area contributed by atoms with Gasteiger partial charge in [-0.05, 0) is 59.8 Å². The minimum atomic E-state index is -3.64. The number of hydrogen-bond acceptors (Lipinski definition) is 5. The van der Waals surface area contributed by atoms with E-state index in [4.69, 9.17) is 23.2 Å². The number of benzene rings is 1. The molecule has 4 rings (SSSR count). The fraction of sp³-hybridized carbons (Fsp3) is 0.381. The molecule has 0 amide bonds. The summed E-state index contributed by atoms with van der Waals surface area (Å²) in [5, 5.41) is 11.4. The van der Waals surface area contributed by atoms with Crippen molar-refractivity contribution in [2.45, 2.75) is 31.4 Å². The lowest BCUT2D eigenvalue weighted by Gasteiger charge is -2.35. The van der Waals surface area contributed by atoms with E-state index in [1.165, 1.54) is 7.05 Å². The highest BCUT2D eigenvalue weighted by Gasteiger charge is 2.40. The van der Waals surface area contributed by atoms with Gasteiger partial charge in [0, 0.05) is 23.6 Å². The maximum Gasteiger partial charge on any atom is 0.235 e. The molecule has 1 atom stereocenters. The van der Waals surface area contributed by atoms with E-state index in [9.17, 15) is 17.7 Å². The lowest BCUT2D eigenvalue weighted by Crippen LogP contribution is -2.31. The number of aromatic nitrogens is 1. The zero-order chi connectivity index (χ0) is 23.4. The maximum atomic E-state index is 12.9. The second-order valence-electron chi connectivity index (χ2n) is 8.37. The highest BCUT2D eigenvalue weighted by Crippen LogP contribution is 2.49. The molecule has 2 aromatic rings. The molecule has 2 heterocycles. The first-order chi connectivity index (χ1) is 15.0. The zero-order valence-corrected chi connectivity index (χ0v) is 21.6. The summed E-state index contributed by atoms with van der Waals surface area (Å²) in [5.74, 6) is 0.0454. The molecule has 32 heavy (non-hydrogen) atoms. The first-order valence-corrected chi connectivity index (χ1v) is 14.7. The monoisotopic (exact) mass is 532 g/mol. The van der Waals surface area contributed by atoms with Crippen LogP contribution in [0.3, 0.4) is 0 Å². The van der Waals surface area contributed by atoms with Crippen molar-refractivity contribution in [3.63, 3.8) is 0 Å². The van der Waals surface area contributed by atoms with Gasteiger partial charge in [0.1, 0.15) is 15.9 Å². The zero-order valence-electron chi connectivity index (χ0n) is 17.6. The van der Waals surface area contributed by atoms with Crippen LogP contribution in [-0.2, 0) is 34.5 Å². The summed E-state index contributed by atoms with van der Waals surface area (Å²) in [5.41, 5.74) is 1.65. The third-order valence-electron chi connectivity index (χ3n) is 5.80. The number of nitrogens with zero attached hydrogens (tertiary/aromatic N) is 2. The topological polar surface area (TPSA) is 87.6 Å². The van der Waals surface area contributed by atoms with Crippen LogP contribution in [0.25, 0.3) is 10.7 Å². The molecule has 0 saturated heterocycles. The van der Waals surface area contributed by atoms with Crippen LogP contribution in [0.4, 0.5) is 5.69 Å². The van der Waals surface area contributed by atoms with Crippen molar-refractivity contribution in [1.82, 2.24) is 4.98 Å². The highest BCUT2D eigenvalue weighted by molar-refractivity contribution is 8.36. The molecular weight excluding hydrogens is 511 g/mol. The average molecular weight is 534 g/mol. The maximum absolute atomic E-state index is 12.9. The van der Waals surface area contributed by atoms with Crippen LogP contribution in [0.15, 0.2) is 30.5 Å². The van der Waals surface area contributed by atoms with Crippen LogP contribution in [0.5, 0.6) is 0 Å². The lowest BCUT2D eigenvalue weighted by molar-refractivity contribution is 0.507. The van der Waals surface area contributed by atoms with Crippen molar-refractivity contribution in [1.29, 1.82) is 0 Å². The largest absolute Gasteiger partial charge is 0.505 e. The van der Waals surface area contributed by atoms with Gasteiger partial charge in [-0.15, -0.1) is 0 Å². The minimum Gasteiger partial charge on any atom is -0.505 e. The van der Waals surface area contributed by atoms with Crippen LogP contribution in [0.2, 0.25) is 10.0 Å². The van der Waals surface area contributed by atoms with E-state index in [1.807, 2.05) is 19.9 Å². The Hall–Kier alpha value is -1.39. The Balaban J connectivity index is 1.94. The highest BCUT2D eigenvalue weighted by atomic mass is 35.5. The second kappa shape index (κ2) is 8.43. The fourth-order valence-electron chi connectivity index (χ4n) is 3.81. The second-order valence-corrected chi connectivity index (χ2v) is 14.7. The predicted octanol–water partition coefficient (Wildman–Crippen LogP) is 4.94. The van der Waals surface area contributed by atoms with Gasteiger partial charge in [-0.1, -0.05) is 35.3 Å². The Morgan fingerprint density at radius 3 is 2.59 bits per heavy atom. The molecular formula is C21H22Cl2N2O4S3. The Bertz CT molecular complexity index is 1310. The van der Waals surface area contributed by atoms with E-state index >= 15 is 0 Å². The van der Waals surface area contributed by atoms with Crippen LogP contribution in [0.1, 0.15) is 43.5 Å². The molecule has 0 radical (unpaired) electrons. The summed E-state index contributed by atoms with van der Waals surface area (Å²) >= 11 is 13.1. The molecule has 1 aliphatic carbocycles. The number of rotatable bonds is 5. The van der Waals surface area contributed by atoms with Crippen molar-refractivity contribution in [2.24, 2.45) is 5.92 Å². The third-order valence-corrected chi connectivity index (χ3v) is 12.6. The molecule has 0 bridgehead atoms. The van der Waals surface area contributed by atoms with E-state index in [0.29, 0.717) is 26.4 Å². The quantitative estimate of drug-likeness (QED) is 0.588. The first-order valence-electron chi connectivity index (χ1n) is 9.89. The smallest absolute Gasteiger partial charge is 0.235 e.